The third kappa shape index (κ3) is 67.3. The Hall–Kier alpha value is -3.18. The summed E-state index contributed by atoms with van der Waals surface area (Å²) in [4.78, 5) is 24.7. The van der Waals surface area contributed by atoms with Crippen LogP contribution in [0.2, 0.25) is 0 Å². The van der Waals surface area contributed by atoms with Gasteiger partial charge >= 0.3 is 11.9 Å². The van der Waals surface area contributed by atoms with Crippen LogP contribution in [0, 0.1) is 0 Å². The monoisotopic (exact) mass is 1110 g/mol. The topological polar surface area (TPSA) is 72.8 Å². The van der Waals surface area contributed by atoms with Crippen molar-refractivity contribution in [2.45, 2.75) is 354 Å². The first kappa shape index (κ1) is 76.8. The standard InChI is InChI=1S/C75H132O5/c1-3-5-7-9-11-13-15-17-19-21-23-25-27-29-31-33-35-37-39-41-43-45-47-49-51-53-55-57-59-61-63-65-67-69-74(77)79-72-73(71-76)80-75(78)70-68-66-64-62-60-58-56-54-52-50-48-46-44-42-40-38-36-34-32-30-28-26-24-22-20-18-16-14-12-10-8-6-4-2/h6,8,12,14-15,17-18,20-21,23-24,26-27,29-30,32,73,76H,3-5,7,9-11,13,16,19,22,25,28,31,33-72H2,1-2H3/b8-6-,14-12-,17-15-,20-18-,23-21-,26-24-,29-27-,32-30-. The molecule has 0 bridgehead atoms. The zero-order valence-electron chi connectivity index (χ0n) is 53.1. The summed E-state index contributed by atoms with van der Waals surface area (Å²) in [5.41, 5.74) is 0. The van der Waals surface area contributed by atoms with E-state index in [4.69, 9.17) is 9.47 Å². The number of hydrogen-bond acceptors (Lipinski definition) is 5. The number of allylic oxidation sites excluding steroid dienone is 16. The van der Waals surface area contributed by atoms with Gasteiger partial charge in [-0.2, -0.15) is 0 Å². The molecule has 5 heteroatoms. The number of carbonyl (C=O) groups excluding carboxylic acids is 2. The van der Waals surface area contributed by atoms with E-state index in [0.717, 1.165) is 83.5 Å². The van der Waals surface area contributed by atoms with Gasteiger partial charge in [0.1, 0.15) is 6.61 Å². The summed E-state index contributed by atoms with van der Waals surface area (Å²) in [6.45, 7) is 4.05. The summed E-state index contributed by atoms with van der Waals surface area (Å²) in [7, 11) is 0. The van der Waals surface area contributed by atoms with Crippen molar-refractivity contribution in [1.29, 1.82) is 0 Å². The second-order valence-corrected chi connectivity index (χ2v) is 23.2. The molecular weight excluding hydrogens is 981 g/mol. The summed E-state index contributed by atoms with van der Waals surface area (Å²) in [5.74, 6) is -0.577. The van der Waals surface area contributed by atoms with Gasteiger partial charge in [0, 0.05) is 12.8 Å². The van der Waals surface area contributed by atoms with Gasteiger partial charge in [-0.1, -0.05) is 336 Å². The molecule has 5 nitrogen and oxygen atoms in total. The van der Waals surface area contributed by atoms with E-state index in [1.165, 1.54) is 238 Å². The van der Waals surface area contributed by atoms with Crippen LogP contribution in [0.1, 0.15) is 348 Å². The van der Waals surface area contributed by atoms with E-state index >= 15 is 0 Å². The molecule has 0 aromatic carbocycles. The number of esters is 2. The molecule has 0 rings (SSSR count). The molecule has 0 radical (unpaired) electrons. The summed E-state index contributed by atoms with van der Waals surface area (Å²) in [6, 6.07) is 0. The molecule has 1 atom stereocenters. The molecule has 0 aliphatic heterocycles. The van der Waals surface area contributed by atoms with Crippen molar-refractivity contribution in [2.75, 3.05) is 13.2 Å². The minimum Gasteiger partial charge on any atom is -0.462 e. The fraction of sp³-hybridized carbons (Fsp3) is 0.760. The summed E-state index contributed by atoms with van der Waals surface area (Å²) in [5, 5.41) is 9.70. The van der Waals surface area contributed by atoms with Crippen molar-refractivity contribution in [3.63, 3.8) is 0 Å². The third-order valence-corrected chi connectivity index (χ3v) is 15.4. The quantitative estimate of drug-likeness (QED) is 0.0373. The maximum absolute atomic E-state index is 12.4. The van der Waals surface area contributed by atoms with Crippen LogP contribution in [0.4, 0.5) is 0 Å². The Morgan fingerprint density at radius 1 is 0.300 bits per heavy atom. The highest BCUT2D eigenvalue weighted by Gasteiger charge is 2.16. The molecule has 0 aromatic rings. The fourth-order valence-corrected chi connectivity index (χ4v) is 10.2. The normalized spacial score (nSPS) is 12.8. The third-order valence-electron chi connectivity index (χ3n) is 15.4. The zero-order valence-corrected chi connectivity index (χ0v) is 53.1. The number of unbranched alkanes of at least 4 members (excludes halogenated alkanes) is 40. The Bertz CT molecular complexity index is 1500. The highest BCUT2D eigenvalue weighted by atomic mass is 16.6. The molecule has 1 N–H and O–H groups in total. The largest absolute Gasteiger partial charge is 0.462 e. The van der Waals surface area contributed by atoms with Crippen LogP contribution < -0.4 is 0 Å². The average Bonchev–Trinajstić information content (AvgIpc) is 3.46. The van der Waals surface area contributed by atoms with Crippen molar-refractivity contribution in [2.24, 2.45) is 0 Å². The lowest BCUT2D eigenvalue weighted by atomic mass is 10.0. The van der Waals surface area contributed by atoms with E-state index in [2.05, 4.69) is 111 Å². The first-order valence-corrected chi connectivity index (χ1v) is 34.8. The number of aliphatic hydroxyl groups is 1. The highest BCUT2D eigenvalue weighted by molar-refractivity contribution is 5.70. The summed E-state index contributed by atoms with van der Waals surface area (Å²) < 4.78 is 10.8. The van der Waals surface area contributed by atoms with E-state index in [1.54, 1.807) is 0 Å². The number of ether oxygens (including phenoxy) is 2. The molecule has 0 amide bonds. The van der Waals surface area contributed by atoms with Gasteiger partial charge in [0.15, 0.2) is 6.10 Å². The van der Waals surface area contributed by atoms with Gasteiger partial charge < -0.3 is 14.6 Å². The lowest BCUT2D eigenvalue weighted by Crippen LogP contribution is -2.28. The van der Waals surface area contributed by atoms with Crippen LogP contribution >= 0.6 is 0 Å². The second kappa shape index (κ2) is 70.1. The highest BCUT2D eigenvalue weighted by Crippen LogP contribution is 2.18. The van der Waals surface area contributed by atoms with Gasteiger partial charge in [0.25, 0.3) is 0 Å². The Labute approximate surface area is 498 Å². The summed E-state index contributed by atoms with van der Waals surface area (Å²) in [6.07, 6.45) is 100. The molecule has 0 aliphatic carbocycles. The van der Waals surface area contributed by atoms with Crippen LogP contribution in [0.25, 0.3) is 0 Å². The molecule has 1 unspecified atom stereocenters. The van der Waals surface area contributed by atoms with Crippen molar-refractivity contribution in [3.8, 4) is 0 Å². The molecule has 0 aliphatic rings. The van der Waals surface area contributed by atoms with Crippen LogP contribution in [0.5, 0.6) is 0 Å². The number of carbonyl (C=O) groups is 2. The molecule has 0 aromatic heterocycles. The van der Waals surface area contributed by atoms with E-state index in [-0.39, 0.29) is 25.2 Å². The van der Waals surface area contributed by atoms with E-state index < -0.39 is 6.10 Å². The van der Waals surface area contributed by atoms with E-state index in [1.807, 2.05) is 0 Å². The smallest absolute Gasteiger partial charge is 0.306 e. The van der Waals surface area contributed by atoms with Gasteiger partial charge in [-0.25, -0.2) is 0 Å². The molecular formula is C75H132O5. The van der Waals surface area contributed by atoms with E-state index in [0.29, 0.717) is 12.8 Å². The summed E-state index contributed by atoms with van der Waals surface area (Å²) >= 11 is 0. The first-order valence-electron chi connectivity index (χ1n) is 34.8. The maximum Gasteiger partial charge on any atom is 0.306 e. The van der Waals surface area contributed by atoms with Gasteiger partial charge in [0.2, 0.25) is 0 Å². The number of hydrogen-bond donors (Lipinski definition) is 1. The fourth-order valence-electron chi connectivity index (χ4n) is 10.2. The Morgan fingerprint density at radius 3 is 0.812 bits per heavy atom. The van der Waals surface area contributed by atoms with E-state index in [9.17, 15) is 14.7 Å². The average molecular weight is 1110 g/mol. The molecule has 0 heterocycles. The first-order chi connectivity index (χ1) is 39.6. The van der Waals surface area contributed by atoms with Crippen LogP contribution in [-0.2, 0) is 19.1 Å². The van der Waals surface area contributed by atoms with Crippen LogP contribution in [0.3, 0.4) is 0 Å². The van der Waals surface area contributed by atoms with Crippen molar-refractivity contribution >= 4 is 11.9 Å². The van der Waals surface area contributed by atoms with Gasteiger partial charge in [-0.05, 0) is 96.3 Å². The molecule has 0 fully saturated rings. The lowest BCUT2D eigenvalue weighted by Gasteiger charge is -2.15. The molecule has 0 saturated heterocycles. The zero-order chi connectivity index (χ0) is 57.6. The number of aliphatic hydroxyl groups excluding tert-OH is 1. The minimum absolute atomic E-state index is 0.0649. The Balaban J connectivity index is 3.44. The van der Waals surface area contributed by atoms with Crippen molar-refractivity contribution < 1.29 is 24.2 Å². The van der Waals surface area contributed by atoms with Gasteiger partial charge in [-0.15, -0.1) is 0 Å². The predicted octanol–water partition coefficient (Wildman–Crippen LogP) is 24.2. The SMILES string of the molecule is CC/C=C\C/C=C\C/C=C\C/C=C\C/C=C\CCCCCCCCCCCCCCCCCCCC(=O)OC(CO)COC(=O)CCCCCCCCCCCCCCCCCCCC/C=C\C/C=C\C/C=C\CCCCCCC. The maximum atomic E-state index is 12.4. The molecule has 0 saturated carbocycles. The van der Waals surface area contributed by atoms with Crippen LogP contribution in [0.15, 0.2) is 97.2 Å². The van der Waals surface area contributed by atoms with Crippen molar-refractivity contribution in [1.82, 2.24) is 0 Å². The van der Waals surface area contributed by atoms with Crippen molar-refractivity contribution in [3.05, 3.63) is 97.2 Å². The molecule has 0 spiro atoms. The minimum atomic E-state index is -0.776. The molecule has 80 heavy (non-hydrogen) atoms. The Kier molecular flexibility index (Phi) is 67.3. The Morgan fingerprint density at radius 2 is 0.537 bits per heavy atom. The number of rotatable bonds is 64. The van der Waals surface area contributed by atoms with Crippen LogP contribution in [-0.4, -0.2) is 36.4 Å². The molecule has 462 valence electrons. The van der Waals surface area contributed by atoms with Gasteiger partial charge in [-0.3, -0.25) is 9.59 Å². The lowest BCUT2D eigenvalue weighted by molar-refractivity contribution is -0.161. The second-order valence-electron chi connectivity index (χ2n) is 23.2. The van der Waals surface area contributed by atoms with Gasteiger partial charge in [0.05, 0.1) is 6.61 Å². The predicted molar refractivity (Wildman–Crippen MR) is 352 cm³/mol.